The summed E-state index contributed by atoms with van der Waals surface area (Å²) in [4.78, 5) is 0. The number of benzene rings is 1. The van der Waals surface area contributed by atoms with Gasteiger partial charge in [0.1, 0.15) is 5.82 Å². The number of nitrogens with one attached hydrogen (secondary N) is 3. The summed E-state index contributed by atoms with van der Waals surface area (Å²) in [5.74, 6) is -0.362. The van der Waals surface area contributed by atoms with Gasteiger partial charge in [0.15, 0.2) is 5.03 Å². The van der Waals surface area contributed by atoms with Crippen LogP contribution < -0.4 is 10.0 Å². The van der Waals surface area contributed by atoms with Crippen LogP contribution >= 0.6 is 0 Å². The molecule has 0 aliphatic heterocycles. The first kappa shape index (κ1) is 15.6. The maximum atomic E-state index is 12.9. The van der Waals surface area contributed by atoms with Crippen LogP contribution in [0.25, 0.3) is 0 Å². The van der Waals surface area contributed by atoms with E-state index in [1.165, 1.54) is 18.3 Å². The minimum absolute atomic E-state index is 0.0332. The van der Waals surface area contributed by atoms with E-state index < -0.39 is 16.1 Å². The van der Waals surface area contributed by atoms with Crippen molar-refractivity contribution in [2.45, 2.75) is 24.5 Å². The van der Waals surface area contributed by atoms with Gasteiger partial charge >= 0.3 is 0 Å². The van der Waals surface area contributed by atoms with E-state index in [0.29, 0.717) is 17.7 Å². The van der Waals surface area contributed by atoms with Gasteiger partial charge in [-0.1, -0.05) is 12.1 Å². The summed E-state index contributed by atoms with van der Waals surface area (Å²) in [6.45, 7) is 2.08. The highest BCUT2D eigenvalue weighted by atomic mass is 32.2. The van der Waals surface area contributed by atoms with Gasteiger partial charge in [0, 0.05) is 18.2 Å². The van der Waals surface area contributed by atoms with Crippen LogP contribution in [0.2, 0.25) is 0 Å². The monoisotopic (exact) mass is 312 g/mol. The quantitative estimate of drug-likeness (QED) is 0.750. The first-order valence-corrected chi connectivity index (χ1v) is 7.87. The molecule has 8 heteroatoms. The van der Waals surface area contributed by atoms with E-state index in [9.17, 15) is 12.8 Å². The van der Waals surface area contributed by atoms with Crippen molar-refractivity contribution in [3.8, 4) is 0 Å². The van der Waals surface area contributed by atoms with E-state index in [0.717, 1.165) is 0 Å². The maximum Gasteiger partial charge on any atom is 0.258 e. The van der Waals surface area contributed by atoms with Crippen molar-refractivity contribution < 1.29 is 12.8 Å². The molecule has 2 rings (SSSR count). The van der Waals surface area contributed by atoms with Crippen molar-refractivity contribution in [2.24, 2.45) is 0 Å². The Labute approximate surface area is 122 Å². The molecule has 0 bridgehead atoms. The molecule has 3 N–H and O–H groups in total. The molecule has 0 fully saturated rings. The third-order valence-corrected chi connectivity index (χ3v) is 4.57. The van der Waals surface area contributed by atoms with Gasteiger partial charge in [-0.3, -0.25) is 5.10 Å². The van der Waals surface area contributed by atoms with Crippen LogP contribution in [0.5, 0.6) is 0 Å². The Morgan fingerprint density at radius 3 is 2.62 bits per heavy atom. The molecule has 1 aromatic heterocycles. The summed E-state index contributed by atoms with van der Waals surface area (Å²) >= 11 is 0. The first-order valence-electron chi connectivity index (χ1n) is 6.38. The van der Waals surface area contributed by atoms with Crippen molar-refractivity contribution >= 4 is 10.0 Å². The lowest BCUT2D eigenvalue weighted by atomic mass is 10.1. The second-order valence-corrected chi connectivity index (χ2v) is 6.30. The largest absolute Gasteiger partial charge is 0.316 e. The minimum atomic E-state index is -3.73. The summed E-state index contributed by atoms with van der Waals surface area (Å²) in [7, 11) is -2.01. The second kappa shape index (κ2) is 6.33. The Morgan fingerprint density at radius 2 is 2.00 bits per heavy atom. The highest BCUT2D eigenvalue weighted by Crippen LogP contribution is 2.18. The Morgan fingerprint density at radius 1 is 1.33 bits per heavy atom. The number of rotatable bonds is 6. The second-order valence-electron chi connectivity index (χ2n) is 4.65. The van der Waals surface area contributed by atoms with Crippen LogP contribution in [-0.4, -0.2) is 25.7 Å². The average Bonchev–Trinajstić information content (AvgIpc) is 2.88. The fraction of sp³-hybridized carbons (Fsp3) is 0.308. The maximum absolute atomic E-state index is 12.9. The van der Waals surface area contributed by atoms with Crippen molar-refractivity contribution in [1.29, 1.82) is 0 Å². The molecule has 0 amide bonds. The fourth-order valence-electron chi connectivity index (χ4n) is 1.96. The van der Waals surface area contributed by atoms with Gasteiger partial charge in [-0.05, 0) is 31.7 Å². The molecule has 0 radical (unpaired) electrons. The summed E-state index contributed by atoms with van der Waals surface area (Å²) < 4.78 is 40.1. The van der Waals surface area contributed by atoms with E-state index in [2.05, 4.69) is 20.2 Å². The SMILES string of the molecule is CNCc1cn[nH]c1S(=O)(=O)NC(C)c1ccc(F)cc1. The average molecular weight is 312 g/mol. The van der Waals surface area contributed by atoms with E-state index in [-0.39, 0.29) is 10.8 Å². The third-order valence-electron chi connectivity index (χ3n) is 3.02. The lowest BCUT2D eigenvalue weighted by molar-refractivity contribution is 0.560. The van der Waals surface area contributed by atoms with Crippen LogP contribution in [0.15, 0.2) is 35.5 Å². The summed E-state index contributed by atoms with van der Waals surface area (Å²) in [6.07, 6.45) is 1.47. The molecular weight excluding hydrogens is 295 g/mol. The van der Waals surface area contributed by atoms with Gasteiger partial charge in [0.25, 0.3) is 10.0 Å². The third kappa shape index (κ3) is 3.66. The summed E-state index contributed by atoms with van der Waals surface area (Å²) in [5.41, 5.74) is 1.23. The topological polar surface area (TPSA) is 86.9 Å². The molecule has 0 aliphatic carbocycles. The molecule has 21 heavy (non-hydrogen) atoms. The molecular formula is C13H17FN4O2S. The number of hydrogen-bond acceptors (Lipinski definition) is 4. The zero-order valence-corrected chi connectivity index (χ0v) is 12.5. The Hall–Kier alpha value is -1.77. The van der Waals surface area contributed by atoms with Gasteiger partial charge in [-0.2, -0.15) is 5.10 Å². The molecule has 1 unspecified atom stereocenters. The Kier molecular flexibility index (Phi) is 4.71. The van der Waals surface area contributed by atoms with Gasteiger partial charge in [-0.25, -0.2) is 17.5 Å². The zero-order valence-electron chi connectivity index (χ0n) is 11.7. The van der Waals surface area contributed by atoms with E-state index in [1.807, 2.05) is 0 Å². The number of aromatic nitrogens is 2. The number of halogens is 1. The molecule has 0 aliphatic rings. The van der Waals surface area contributed by atoms with Crippen LogP contribution in [0.3, 0.4) is 0 Å². The van der Waals surface area contributed by atoms with Crippen LogP contribution in [0.1, 0.15) is 24.1 Å². The number of aromatic amines is 1. The molecule has 1 aromatic carbocycles. The van der Waals surface area contributed by atoms with Gasteiger partial charge in [0.2, 0.25) is 0 Å². The van der Waals surface area contributed by atoms with Crippen molar-refractivity contribution in [1.82, 2.24) is 20.2 Å². The van der Waals surface area contributed by atoms with Gasteiger partial charge in [0.05, 0.1) is 6.20 Å². The first-order chi connectivity index (χ1) is 9.94. The Bertz CT molecular complexity index is 697. The molecule has 1 heterocycles. The molecule has 114 valence electrons. The highest BCUT2D eigenvalue weighted by Gasteiger charge is 2.23. The highest BCUT2D eigenvalue weighted by molar-refractivity contribution is 7.89. The van der Waals surface area contributed by atoms with Crippen LogP contribution in [0, 0.1) is 5.82 Å². The number of nitrogens with zero attached hydrogens (tertiary/aromatic N) is 1. The normalized spacial score (nSPS) is 13.3. The standard InChI is InChI=1S/C13H17FN4O2S/c1-9(10-3-5-12(14)6-4-10)18-21(19,20)13-11(7-15-2)8-16-17-13/h3-6,8-9,15,18H,7H2,1-2H3,(H,16,17). The van der Waals surface area contributed by atoms with E-state index in [4.69, 9.17) is 0 Å². The predicted molar refractivity (Wildman–Crippen MR) is 76.5 cm³/mol. The number of H-pyrrole nitrogens is 1. The zero-order chi connectivity index (χ0) is 15.5. The molecule has 2 aromatic rings. The number of sulfonamides is 1. The molecule has 6 nitrogen and oxygen atoms in total. The van der Waals surface area contributed by atoms with E-state index in [1.54, 1.807) is 26.1 Å². The summed E-state index contributed by atoms with van der Waals surface area (Å²) in [6, 6.07) is 5.20. The molecule has 1 atom stereocenters. The van der Waals surface area contributed by atoms with Gasteiger partial charge in [-0.15, -0.1) is 0 Å². The van der Waals surface area contributed by atoms with E-state index >= 15 is 0 Å². The van der Waals surface area contributed by atoms with Crippen LogP contribution in [-0.2, 0) is 16.6 Å². The predicted octanol–water partition coefficient (Wildman–Crippen LogP) is 1.31. The van der Waals surface area contributed by atoms with Gasteiger partial charge < -0.3 is 5.32 Å². The molecule has 0 spiro atoms. The lowest BCUT2D eigenvalue weighted by Gasteiger charge is -2.14. The van der Waals surface area contributed by atoms with Crippen LogP contribution in [0.4, 0.5) is 4.39 Å². The summed E-state index contributed by atoms with van der Waals surface area (Å²) in [5, 5.41) is 9.17. The number of hydrogen-bond donors (Lipinski definition) is 3. The van der Waals surface area contributed by atoms with Crippen molar-refractivity contribution in [3.63, 3.8) is 0 Å². The van der Waals surface area contributed by atoms with Crippen molar-refractivity contribution in [2.75, 3.05) is 7.05 Å². The smallest absolute Gasteiger partial charge is 0.258 e. The minimum Gasteiger partial charge on any atom is -0.316 e. The van der Waals surface area contributed by atoms with Crippen molar-refractivity contribution in [3.05, 3.63) is 47.4 Å². The fourth-order valence-corrected chi connectivity index (χ4v) is 3.32. The molecule has 0 saturated carbocycles. The molecule has 0 saturated heterocycles. The Balaban J connectivity index is 2.20. The lowest BCUT2D eigenvalue weighted by Crippen LogP contribution is -2.28.